The first-order chi connectivity index (χ1) is 11.8. The van der Waals surface area contributed by atoms with Crippen LogP contribution in [0.5, 0.6) is 0 Å². The van der Waals surface area contributed by atoms with Gasteiger partial charge in [0.2, 0.25) is 0 Å². The number of hydrogen-bond donors (Lipinski definition) is 3. The van der Waals surface area contributed by atoms with E-state index in [1.165, 1.54) is 5.57 Å². The normalized spacial score (nSPS) is 30.4. The maximum atomic E-state index is 10.8. The number of aliphatic hydroxyl groups excluding tert-OH is 2. The molecule has 0 amide bonds. The summed E-state index contributed by atoms with van der Waals surface area (Å²) in [6.45, 7) is 8.64. The molecule has 0 heterocycles. The molecule has 3 nitrogen and oxygen atoms in total. The standard InChI is InChI=1S/C22H35NO2/c1-5-6-7-8-17-11-18(24)13-20(21(25)12-17)22(23)14-16(4)9-10-19(22)15(2)3/h11-15,18-19,24-25H,5-10,23H2,1-4H3/t18?,19-,22-/m0/s1. The van der Waals surface area contributed by atoms with E-state index < -0.39 is 11.6 Å². The van der Waals surface area contributed by atoms with Gasteiger partial charge in [-0.1, -0.05) is 45.3 Å². The van der Waals surface area contributed by atoms with E-state index in [1.54, 1.807) is 6.08 Å². The first-order valence-corrected chi connectivity index (χ1v) is 9.77. The van der Waals surface area contributed by atoms with Crippen molar-refractivity contribution in [2.24, 2.45) is 17.6 Å². The van der Waals surface area contributed by atoms with Gasteiger partial charge >= 0.3 is 0 Å². The van der Waals surface area contributed by atoms with Crippen LogP contribution in [0.2, 0.25) is 0 Å². The lowest BCUT2D eigenvalue weighted by Crippen LogP contribution is -2.51. The number of aliphatic hydroxyl groups is 2. The van der Waals surface area contributed by atoms with E-state index in [9.17, 15) is 10.2 Å². The third-order valence-electron chi connectivity index (χ3n) is 5.61. The first-order valence-electron chi connectivity index (χ1n) is 9.77. The third-order valence-corrected chi connectivity index (χ3v) is 5.61. The van der Waals surface area contributed by atoms with Gasteiger partial charge in [-0.3, -0.25) is 0 Å². The van der Waals surface area contributed by atoms with Crippen LogP contribution in [0.15, 0.2) is 46.8 Å². The van der Waals surface area contributed by atoms with Crippen molar-refractivity contribution in [2.75, 3.05) is 0 Å². The van der Waals surface area contributed by atoms with E-state index in [2.05, 4.69) is 33.8 Å². The largest absolute Gasteiger partial charge is 0.508 e. The van der Waals surface area contributed by atoms with Crippen LogP contribution in [0.4, 0.5) is 0 Å². The van der Waals surface area contributed by atoms with E-state index in [-0.39, 0.29) is 11.7 Å². The smallest absolute Gasteiger partial charge is 0.121 e. The Hall–Kier alpha value is -1.32. The Morgan fingerprint density at radius 3 is 2.64 bits per heavy atom. The van der Waals surface area contributed by atoms with Crippen LogP contribution in [0.3, 0.4) is 0 Å². The number of unbranched alkanes of at least 4 members (excludes halogenated alkanes) is 2. The Kier molecular flexibility index (Phi) is 6.70. The predicted octanol–water partition coefficient (Wildman–Crippen LogP) is 4.95. The van der Waals surface area contributed by atoms with Crippen molar-refractivity contribution in [1.82, 2.24) is 0 Å². The molecule has 2 aliphatic carbocycles. The molecule has 25 heavy (non-hydrogen) atoms. The number of rotatable bonds is 6. The fourth-order valence-electron chi connectivity index (χ4n) is 4.30. The van der Waals surface area contributed by atoms with Crippen molar-refractivity contribution in [1.29, 1.82) is 0 Å². The van der Waals surface area contributed by atoms with Crippen molar-refractivity contribution in [3.05, 3.63) is 46.8 Å². The van der Waals surface area contributed by atoms with Crippen LogP contribution in [0, 0.1) is 11.8 Å². The number of hydrogen-bond acceptors (Lipinski definition) is 3. The van der Waals surface area contributed by atoms with Crippen molar-refractivity contribution in [2.45, 2.75) is 77.9 Å². The van der Waals surface area contributed by atoms with Crippen LogP contribution in [0.25, 0.3) is 0 Å². The average Bonchev–Trinajstić information content (AvgIpc) is 2.65. The predicted molar refractivity (Wildman–Crippen MR) is 105 cm³/mol. The van der Waals surface area contributed by atoms with Crippen LogP contribution in [-0.4, -0.2) is 21.9 Å². The lowest BCUT2D eigenvalue weighted by molar-refractivity contribution is 0.236. The van der Waals surface area contributed by atoms with Gasteiger partial charge in [-0.25, -0.2) is 0 Å². The van der Waals surface area contributed by atoms with Crippen molar-refractivity contribution in [3.63, 3.8) is 0 Å². The van der Waals surface area contributed by atoms with Crippen molar-refractivity contribution < 1.29 is 10.2 Å². The molecule has 0 aromatic rings. The Morgan fingerprint density at radius 1 is 1.28 bits per heavy atom. The van der Waals surface area contributed by atoms with Crippen molar-refractivity contribution >= 4 is 0 Å². The molecule has 3 heteroatoms. The van der Waals surface area contributed by atoms with Gasteiger partial charge in [-0.15, -0.1) is 0 Å². The Balaban J connectivity index is 2.37. The van der Waals surface area contributed by atoms with Crippen molar-refractivity contribution in [3.8, 4) is 0 Å². The van der Waals surface area contributed by atoms with E-state index >= 15 is 0 Å². The quantitative estimate of drug-likeness (QED) is 0.471. The molecule has 0 spiro atoms. The monoisotopic (exact) mass is 345 g/mol. The second-order valence-electron chi connectivity index (χ2n) is 8.11. The fraction of sp³-hybridized carbons (Fsp3) is 0.636. The molecule has 0 saturated carbocycles. The lowest BCUT2D eigenvalue weighted by Gasteiger charge is -2.43. The molecule has 140 valence electrons. The van der Waals surface area contributed by atoms with E-state index in [4.69, 9.17) is 5.73 Å². The summed E-state index contributed by atoms with van der Waals surface area (Å²) in [4.78, 5) is 0. The fourth-order valence-corrected chi connectivity index (χ4v) is 4.30. The first kappa shape index (κ1) is 20.0. The molecular weight excluding hydrogens is 310 g/mol. The minimum atomic E-state index is -0.731. The van der Waals surface area contributed by atoms with Gasteiger partial charge in [-0.2, -0.15) is 0 Å². The molecule has 0 aromatic heterocycles. The summed E-state index contributed by atoms with van der Waals surface area (Å²) in [5.41, 5.74) is 9.06. The molecule has 2 rings (SSSR count). The zero-order chi connectivity index (χ0) is 18.6. The van der Waals surface area contributed by atoms with Gasteiger partial charge in [0.05, 0.1) is 11.6 Å². The van der Waals surface area contributed by atoms with E-state index in [0.717, 1.165) is 44.1 Å². The summed E-state index contributed by atoms with van der Waals surface area (Å²) in [5.74, 6) is 0.852. The molecule has 1 unspecified atom stereocenters. The third kappa shape index (κ3) is 4.65. The molecule has 4 N–H and O–H groups in total. The zero-order valence-electron chi connectivity index (χ0n) is 16.3. The highest BCUT2D eigenvalue weighted by molar-refractivity contribution is 5.48. The molecular formula is C22H35NO2. The van der Waals surface area contributed by atoms with Crippen LogP contribution in [-0.2, 0) is 0 Å². The summed E-state index contributed by atoms with van der Waals surface area (Å²) >= 11 is 0. The molecule has 0 fully saturated rings. The second kappa shape index (κ2) is 8.37. The zero-order valence-corrected chi connectivity index (χ0v) is 16.3. The van der Waals surface area contributed by atoms with Gasteiger partial charge < -0.3 is 15.9 Å². The molecule has 0 bridgehead atoms. The Bertz CT molecular complexity index is 597. The summed E-state index contributed by atoms with van der Waals surface area (Å²) in [6.07, 6.45) is 13.1. The number of nitrogens with two attached hydrogens (primary N) is 1. The molecule has 0 saturated heterocycles. The molecule has 2 aliphatic rings. The Morgan fingerprint density at radius 2 is 2.00 bits per heavy atom. The van der Waals surface area contributed by atoms with Crippen LogP contribution in [0.1, 0.15) is 66.2 Å². The van der Waals surface area contributed by atoms with Gasteiger partial charge in [0.25, 0.3) is 0 Å². The Labute approximate surface area is 153 Å². The molecule has 0 radical (unpaired) electrons. The van der Waals surface area contributed by atoms with Gasteiger partial charge in [0.1, 0.15) is 5.76 Å². The summed E-state index contributed by atoms with van der Waals surface area (Å²) in [7, 11) is 0. The molecule has 0 aliphatic heterocycles. The minimum Gasteiger partial charge on any atom is -0.508 e. The minimum absolute atomic E-state index is 0.207. The van der Waals surface area contributed by atoms with Crippen LogP contribution < -0.4 is 5.73 Å². The van der Waals surface area contributed by atoms with Gasteiger partial charge in [0, 0.05) is 5.57 Å². The summed E-state index contributed by atoms with van der Waals surface area (Å²) < 4.78 is 0. The highest BCUT2D eigenvalue weighted by Gasteiger charge is 2.42. The second-order valence-corrected chi connectivity index (χ2v) is 8.11. The van der Waals surface area contributed by atoms with Crippen LogP contribution >= 0.6 is 0 Å². The van der Waals surface area contributed by atoms with E-state index in [0.29, 0.717) is 11.5 Å². The summed E-state index contributed by atoms with van der Waals surface area (Å²) in [5, 5.41) is 21.3. The molecule has 3 atom stereocenters. The average molecular weight is 346 g/mol. The lowest BCUT2D eigenvalue weighted by atomic mass is 9.66. The van der Waals surface area contributed by atoms with Gasteiger partial charge in [0.15, 0.2) is 0 Å². The highest BCUT2D eigenvalue weighted by Crippen LogP contribution is 2.42. The number of allylic oxidation sites excluding steroid dienone is 3. The highest BCUT2D eigenvalue weighted by atomic mass is 16.3. The SMILES string of the molecule is CCCCCC1=CC(O)C=C([C@]2(N)C=C(C)CC[C@H]2C(C)C)C(O)=C1. The van der Waals surface area contributed by atoms with Gasteiger partial charge in [-0.05, 0) is 68.2 Å². The summed E-state index contributed by atoms with van der Waals surface area (Å²) in [6, 6.07) is 0. The maximum absolute atomic E-state index is 10.8. The van der Waals surface area contributed by atoms with E-state index in [1.807, 2.05) is 12.2 Å². The molecule has 0 aromatic carbocycles. The topological polar surface area (TPSA) is 66.5 Å². The maximum Gasteiger partial charge on any atom is 0.121 e.